The number of anilines is 1. The van der Waals surface area contributed by atoms with Crippen LogP contribution in [0.4, 0.5) is 5.69 Å². The Morgan fingerprint density at radius 1 is 1.04 bits per heavy atom. The quantitative estimate of drug-likeness (QED) is 0.803. The Morgan fingerprint density at radius 2 is 1.74 bits per heavy atom. The van der Waals surface area contributed by atoms with Crippen LogP contribution in [0.15, 0.2) is 30.5 Å². The summed E-state index contributed by atoms with van der Waals surface area (Å²) < 4.78 is 0. The van der Waals surface area contributed by atoms with E-state index in [1.54, 1.807) is 0 Å². The molecule has 0 amide bonds. The molecular weight excluding hydrogens is 304 g/mol. The molecule has 0 aliphatic heterocycles. The maximum absolute atomic E-state index is 6.30. The number of hydrogen-bond donors (Lipinski definition) is 1. The molecule has 0 unspecified atom stereocenters. The maximum Gasteiger partial charge on any atom is 0.0908 e. The van der Waals surface area contributed by atoms with Crippen molar-refractivity contribution < 1.29 is 0 Å². The second-order valence-electron chi connectivity index (χ2n) is 8.27. The number of fused-ring (bicyclic) bond motifs is 1. The molecule has 4 aliphatic carbocycles. The van der Waals surface area contributed by atoms with Gasteiger partial charge in [0.2, 0.25) is 0 Å². The molecule has 0 saturated heterocycles. The van der Waals surface area contributed by atoms with E-state index in [4.69, 9.17) is 11.6 Å². The van der Waals surface area contributed by atoms with Crippen LogP contribution in [0.5, 0.6) is 0 Å². The Bertz CT molecular complexity index is 719. The minimum absolute atomic E-state index is 0.545. The first-order valence-corrected chi connectivity index (χ1v) is 9.36. The normalized spacial score (nSPS) is 34.9. The summed E-state index contributed by atoms with van der Waals surface area (Å²) in [5, 5.41) is 5.65. The second kappa shape index (κ2) is 5.11. The Balaban J connectivity index is 1.42. The lowest BCUT2D eigenvalue weighted by Crippen LogP contribution is -2.49. The van der Waals surface area contributed by atoms with Crippen molar-refractivity contribution in [2.75, 3.05) is 11.9 Å². The lowest BCUT2D eigenvalue weighted by atomic mass is 9.49. The molecule has 4 bridgehead atoms. The molecule has 4 fully saturated rings. The molecule has 2 aromatic rings. The standard InChI is InChI=1S/C20H23ClN2/c21-17-3-1-2-16-18(4-5-22-19(16)17)23-12-20-9-13-6-14(10-20)8-15(7-13)11-20/h1-5,13-15H,6-12H2,(H,22,23). The summed E-state index contributed by atoms with van der Waals surface area (Å²) in [6.45, 7) is 1.11. The first-order valence-electron chi connectivity index (χ1n) is 8.98. The van der Waals surface area contributed by atoms with Crippen LogP contribution >= 0.6 is 11.6 Å². The highest BCUT2D eigenvalue weighted by Crippen LogP contribution is 2.59. The Morgan fingerprint density at radius 3 is 2.43 bits per heavy atom. The van der Waals surface area contributed by atoms with Crippen LogP contribution in [-0.2, 0) is 0 Å². The average Bonchev–Trinajstić information content (AvgIpc) is 2.52. The van der Waals surface area contributed by atoms with Gasteiger partial charge in [0, 0.05) is 23.8 Å². The minimum Gasteiger partial charge on any atom is -0.384 e. The van der Waals surface area contributed by atoms with Crippen molar-refractivity contribution >= 4 is 28.2 Å². The third-order valence-corrected chi connectivity index (χ3v) is 6.85. The van der Waals surface area contributed by atoms with Gasteiger partial charge in [-0.2, -0.15) is 0 Å². The van der Waals surface area contributed by atoms with Crippen LogP contribution in [0.2, 0.25) is 5.02 Å². The van der Waals surface area contributed by atoms with Gasteiger partial charge in [0.05, 0.1) is 10.5 Å². The van der Waals surface area contributed by atoms with E-state index in [2.05, 4.69) is 22.4 Å². The molecule has 0 atom stereocenters. The van der Waals surface area contributed by atoms with Gasteiger partial charge in [0.25, 0.3) is 0 Å². The molecule has 0 radical (unpaired) electrons. The molecule has 0 spiro atoms. The molecule has 3 heteroatoms. The summed E-state index contributed by atoms with van der Waals surface area (Å²) in [5.41, 5.74) is 2.64. The number of nitrogens with one attached hydrogen (secondary N) is 1. The smallest absolute Gasteiger partial charge is 0.0908 e. The zero-order valence-corrected chi connectivity index (χ0v) is 14.1. The molecule has 4 saturated carbocycles. The highest BCUT2D eigenvalue weighted by molar-refractivity contribution is 6.35. The first-order chi connectivity index (χ1) is 11.2. The van der Waals surface area contributed by atoms with Crippen LogP contribution in [0.1, 0.15) is 38.5 Å². The molecule has 120 valence electrons. The predicted octanol–water partition coefficient (Wildman–Crippen LogP) is 5.52. The molecule has 1 aromatic heterocycles. The van der Waals surface area contributed by atoms with Crippen LogP contribution in [0, 0.1) is 23.2 Å². The third-order valence-electron chi connectivity index (χ3n) is 6.54. The van der Waals surface area contributed by atoms with Gasteiger partial charge in [-0.25, -0.2) is 0 Å². The van der Waals surface area contributed by atoms with Gasteiger partial charge >= 0.3 is 0 Å². The van der Waals surface area contributed by atoms with Gasteiger partial charge in [-0.1, -0.05) is 23.7 Å². The maximum atomic E-state index is 6.30. The highest BCUT2D eigenvalue weighted by atomic mass is 35.5. The number of halogens is 1. The number of aromatic nitrogens is 1. The average molecular weight is 327 g/mol. The van der Waals surface area contributed by atoms with Crippen LogP contribution in [-0.4, -0.2) is 11.5 Å². The van der Waals surface area contributed by atoms with Gasteiger partial charge in [-0.15, -0.1) is 0 Å². The highest BCUT2D eigenvalue weighted by Gasteiger charge is 2.50. The Kier molecular flexibility index (Phi) is 3.13. The summed E-state index contributed by atoms with van der Waals surface area (Å²) in [6.07, 6.45) is 10.7. The summed E-state index contributed by atoms with van der Waals surface area (Å²) in [7, 11) is 0. The van der Waals surface area contributed by atoms with Crippen molar-refractivity contribution in [2.45, 2.75) is 38.5 Å². The van der Waals surface area contributed by atoms with Crippen LogP contribution in [0.25, 0.3) is 10.9 Å². The fraction of sp³-hybridized carbons (Fsp3) is 0.550. The summed E-state index contributed by atoms with van der Waals surface area (Å²) >= 11 is 6.30. The largest absolute Gasteiger partial charge is 0.384 e. The van der Waals surface area contributed by atoms with Gasteiger partial charge in [-0.3, -0.25) is 4.98 Å². The molecular formula is C20H23ClN2. The lowest BCUT2D eigenvalue weighted by molar-refractivity contribution is -0.0444. The summed E-state index contributed by atoms with van der Waals surface area (Å²) in [5.74, 6) is 3.02. The van der Waals surface area contributed by atoms with E-state index >= 15 is 0 Å². The summed E-state index contributed by atoms with van der Waals surface area (Å²) in [6, 6.07) is 8.15. The minimum atomic E-state index is 0.545. The van der Waals surface area contributed by atoms with E-state index in [1.807, 2.05) is 18.3 Å². The first kappa shape index (κ1) is 14.1. The van der Waals surface area contributed by atoms with E-state index in [1.165, 1.54) is 44.2 Å². The fourth-order valence-electron chi connectivity index (χ4n) is 6.08. The van der Waals surface area contributed by atoms with E-state index < -0.39 is 0 Å². The second-order valence-corrected chi connectivity index (χ2v) is 8.67. The SMILES string of the molecule is Clc1cccc2c(NCC34CC5CC(CC(C5)C3)C4)ccnc12. The molecule has 1 heterocycles. The van der Waals surface area contributed by atoms with E-state index in [-0.39, 0.29) is 0 Å². The zero-order valence-electron chi connectivity index (χ0n) is 13.4. The lowest BCUT2D eigenvalue weighted by Gasteiger charge is -2.57. The van der Waals surface area contributed by atoms with Crippen molar-refractivity contribution in [3.8, 4) is 0 Å². The molecule has 1 N–H and O–H groups in total. The van der Waals surface area contributed by atoms with Gasteiger partial charge in [0.15, 0.2) is 0 Å². The van der Waals surface area contributed by atoms with Gasteiger partial charge < -0.3 is 5.32 Å². The Labute approximate surface area is 142 Å². The molecule has 23 heavy (non-hydrogen) atoms. The van der Waals surface area contributed by atoms with Crippen LogP contribution in [0.3, 0.4) is 0 Å². The third kappa shape index (κ3) is 2.34. The Hall–Kier alpha value is -1.28. The predicted molar refractivity (Wildman–Crippen MR) is 95.8 cm³/mol. The van der Waals surface area contributed by atoms with E-state index in [0.717, 1.165) is 40.2 Å². The monoisotopic (exact) mass is 326 g/mol. The molecule has 4 aliphatic rings. The van der Waals surface area contributed by atoms with Gasteiger partial charge in [-0.05, 0) is 73.8 Å². The number of hydrogen-bond acceptors (Lipinski definition) is 2. The molecule has 2 nitrogen and oxygen atoms in total. The molecule has 1 aromatic carbocycles. The number of para-hydroxylation sites is 1. The number of rotatable bonds is 3. The fourth-order valence-corrected chi connectivity index (χ4v) is 6.31. The summed E-state index contributed by atoms with van der Waals surface area (Å²) in [4.78, 5) is 4.44. The zero-order chi connectivity index (χ0) is 15.4. The molecule has 6 rings (SSSR count). The van der Waals surface area contributed by atoms with Gasteiger partial charge in [0.1, 0.15) is 0 Å². The van der Waals surface area contributed by atoms with Crippen LogP contribution < -0.4 is 5.32 Å². The van der Waals surface area contributed by atoms with Crippen molar-refractivity contribution in [1.29, 1.82) is 0 Å². The van der Waals surface area contributed by atoms with E-state index in [9.17, 15) is 0 Å². The number of nitrogens with zero attached hydrogens (tertiary/aromatic N) is 1. The van der Waals surface area contributed by atoms with Crippen molar-refractivity contribution in [2.24, 2.45) is 23.2 Å². The number of pyridine rings is 1. The van der Waals surface area contributed by atoms with Crippen molar-refractivity contribution in [1.82, 2.24) is 4.98 Å². The van der Waals surface area contributed by atoms with Crippen molar-refractivity contribution in [3.63, 3.8) is 0 Å². The van der Waals surface area contributed by atoms with Crippen molar-refractivity contribution in [3.05, 3.63) is 35.5 Å². The number of benzene rings is 1. The topological polar surface area (TPSA) is 24.9 Å². The van der Waals surface area contributed by atoms with E-state index in [0.29, 0.717) is 5.41 Å².